The van der Waals surface area contributed by atoms with E-state index in [0.717, 1.165) is 22.4 Å². The number of fused-ring (bicyclic) bond motifs is 4. The third-order valence-electron chi connectivity index (χ3n) is 6.07. The van der Waals surface area contributed by atoms with Gasteiger partial charge in [-0.1, -0.05) is 61.8 Å². The molecule has 6 nitrogen and oxygen atoms in total. The molecule has 158 valence electrons. The second-order valence-corrected chi connectivity index (χ2v) is 9.02. The topological polar surface area (TPSA) is 67.2 Å². The van der Waals surface area contributed by atoms with Crippen LogP contribution in [-0.4, -0.2) is 28.1 Å². The van der Waals surface area contributed by atoms with Crippen molar-refractivity contribution in [2.24, 2.45) is 5.92 Å². The molecule has 1 N–H and O–H groups in total. The summed E-state index contributed by atoms with van der Waals surface area (Å²) in [4.78, 5) is 28.6. The molecular formula is C24H23ClN4O2. The van der Waals surface area contributed by atoms with Crippen molar-refractivity contribution in [3.05, 3.63) is 76.4 Å². The summed E-state index contributed by atoms with van der Waals surface area (Å²) in [5.74, 6) is 0.608. The summed E-state index contributed by atoms with van der Waals surface area (Å²) in [5, 5.41) is 8.14. The molecule has 0 fully saturated rings. The van der Waals surface area contributed by atoms with E-state index in [-0.39, 0.29) is 18.2 Å². The molecule has 2 aromatic carbocycles. The van der Waals surface area contributed by atoms with Gasteiger partial charge in [0, 0.05) is 29.2 Å². The quantitative estimate of drug-likeness (QED) is 0.668. The van der Waals surface area contributed by atoms with Crippen LogP contribution in [-0.2, 0) is 21.5 Å². The Balaban J connectivity index is 1.66. The zero-order valence-electron chi connectivity index (χ0n) is 17.4. The largest absolute Gasteiger partial charge is 0.311 e. The van der Waals surface area contributed by atoms with E-state index in [1.807, 2.05) is 53.4 Å². The maximum absolute atomic E-state index is 13.9. The van der Waals surface area contributed by atoms with E-state index >= 15 is 0 Å². The number of carbonyl (C=O) groups excluding carboxylic acids is 2. The van der Waals surface area contributed by atoms with Gasteiger partial charge in [0.05, 0.1) is 12.7 Å². The van der Waals surface area contributed by atoms with Crippen LogP contribution in [0.4, 0.5) is 11.5 Å². The summed E-state index contributed by atoms with van der Waals surface area (Å²) in [5.41, 5.74) is 2.32. The lowest BCUT2D eigenvalue weighted by atomic mass is 9.72. The lowest BCUT2D eigenvalue weighted by Gasteiger charge is -2.32. The Morgan fingerprint density at radius 1 is 1.10 bits per heavy atom. The van der Waals surface area contributed by atoms with Gasteiger partial charge in [0.15, 0.2) is 0 Å². The number of hydrogen-bond donors (Lipinski definition) is 1. The molecule has 0 saturated heterocycles. The monoisotopic (exact) mass is 434 g/mol. The number of para-hydroxylation sites is 1. The van der Waals surface area contributed by atoms with Gasteiger partial charge >= 0.3 is 0 Å². The molecule has 3 heterocycles. The highest BCUT2D eigenvalue weighted by Crippen LogP contribution is 2.52. The molecule has 0 aliphatic carbocycles. The lowest BCUT2D eigenvalue weighted by molar-refractivity contribution is -0.126. The molecule has 1 atom stereocenters. The van der Waals surface area contributed by atoms with Crippen molar-refractivity contribution in [1.82, 2.24) is 9.78 Å². The maximum atomic E-state index is 13.9. The van der Waals surface area contributed by atoms with Gasteiger partial charge in [-0.05, 0) is 29.2 Å². The number of rotatable bonds is 4. The first-order valence-electron chi connectivity index (χ1n) is 10.4. The summed E-state index contributed by atoms with van der Waals surface area (Å²) in [6, 6.07) is 15.3. The third kappa shape index (κ3) is 2.97. The van der Waals surface area contributed by atoms with Crippen molar-refractivity contribution in [3.8, 4) is 0 Å². The van der Waals surface area contributed by atoms with Gasteiger partial charge in [0.2, 0.25) is 11.8 Å². The van der Waals surface area contributed by atoms with Gasteiger partial charge in [0.25, 0.3) is 0 Å². The van der Waals surface area contributed by atoms with Crippen molar-refractivity contribution in [1.29, 1.82) is 0 Å². The van der Waals surface area contributed by atoms with Crippen LogP contribution in [0.25, 0.3) is 0 Å². The summed E-state index contributed by atoms with van der Waals surface area (Å²) in [6.07, 6.45) is 1.79. The zero-order valence-corrected chi connectivity index (χ0v) is 18.2. The number of halogens is 1. The average molecular weight is 435 g/mol. The van der Waals surface area contributed by atoms with E-state index in [0.29, 0.717) is 29.8 Å². The van der Waals surface area contributed by atoms with Crippen LogP contribution in [0.1, 0.15) is 37.0 Å². The second kappa shape index (κ2) is 7.24. The number of benzene rings is 2. The Morgan fingerprint density at radius 2 is 1.84 bits per heavy atom. The number of nitrogens with one attached hydrogen (secondary N) is 1. The number of aromatic nitrogens is 2. The molecule has 3 aromatic rings. The minimum atomic E-state index is -1.05. The molecule has 0 saturated carbocycles. The molecule has 2 amide bonds. The van der Waals surface area contributed by atoms with Gasteiger partial charge in [-0.2, -0.15) is 5.10 Å². The molecule has 2 aliphatic heterocycles. The van der Waals surface area contributed by atoms with Crippen molar-refractivity contribution in [3.63, 3.8) is 0 Å². The van der Waals surface area contributed by atoms with E-state index in [1.54, 1.807) is 10.9 Å². The molecular weight excluding hydrogens is 412 g/mol. The molecule has 7 heteroatoms. The number of nitrogens with zero attached hydrogens (tertiary/aromatic N) is 3. The molecule has 1 aromatic heterocycles. The molecule has 0 radical (unpaired) electrons. The van der Waals surface area contributed by atoms with E-state index in [2.05, 4.69) is 24.3 Å². The van der Waals surface area contributed by atoms with Gasteiger partial charge in [-0.15, -0.1) is 0 Å². The highest BCUT2D eigenvalue weighted by molar-refractivity contribution is 6.31. The molecule has 1 spiro atoms. The van der Waals surface area contributed by atoms with Crippen molar-refractivity contribution in [2.75, 3.05) is 16.8 Å². The lowest BCUT2D eigenvalue weighted by Crippen LogP contribution is -2.47. The predicted molar refractivity (Wildman–Crippen MR) is 120 cm³/mol. The van der Waals surface area contributed by atoms with Crippen LogP contribution >= 0.6 is 11.6 Å². The Hall–Kier alpha value is -3.12. The smallest absolute Gasteiger partial charge is 0.242 e. The van der Waals surface area contributed by atoms with Crippen molar-refractivity contribution in [2.45, 2.75) is 32.2 Å². The fraction of sp³-hybridized carbons (Fsp3) is 0.292. The molecule has 2 aliphatic rings. The first-order valence-corrected chi connectivity index (χ1v) is 10.8. The fourth-order valence-corrected chi connectivity index (χ4v) is 4.95. The van der Waals surface area contributed by atoms with E-state index in [1.165, 1.54) is 0 Å². The van der Waals surface area contributed by atoms with Crippen LogP contribution in [0.15, 0.2) is 54.7 Å². The standard InChI is InChI=1S/C24H23ClN4O2/c1-15(2)13-28-20-10-6-4-8-17(20)24(23(28)31)11-21(30)27-22-18(24)12-26-29(22)14-16-7-3-5-9-19(16)25/h3-10,12,15H,11,13-14H2,1-2H3,(H,27,30). The minimum absolute atomic E-state index is 0.0595. The highest BCUT2D eigenvalue weighted by atomic mass is 35.5. The number of hydrogen-bond acceptors (Lipinski definition) is 3. The first kappa shape index (κ1) is 19.8. The summed E-state index contributed by atoms with van der Waals surface area (Å²) < 4.78 is 1.72. The van der Waals surface area contributed by atoms with Gasteiger partial charge < -0.3 is 10.2 Å². The predicted octanol–water partition coefficient (Wildman–Crippen LogP) is 4.22. The number of carbonyl (C=O) groups is 2. The van der Waals surface area contributed by atoms with Gasteiger partial charge in [0.1, 0.15) is 11.2 Å². The molecule has 5 rings (SSSR count). The first-order chi connectivity index (χ1) is 14.9. The van der Waals surface area contributed by atoms with Crippen molar-refractivity contribution >= 4 is 34.9 Å². The Kier molecular flexibility index (Phi) is 4.63. The average Bonchev–Trinajstić information content (AvgIpc) is 3.23. The second-order valence-electron chi connectivity index (χ2n) is 8.61. The number of amides is 2. The molecule has 1 unspecified atom stereocenters. The van der Waals surface area contributed by atoms with Crippen LogP contribution in [0.2, 0.25) is 5.02 Å². The van der Waals surface area contributed by atoms with Crippen molar-refractivity contribution < 1.29 is 9.59 Å². The van der Waals surface area contributed by atoms with Crippen LogP contribution in [0, 0.1) is 5.92 Å². The zero-order chi connectivity index (χ0) is 21.8. The SMILES string of the molecule is CC(C)CN1C(=O)C2(CC(=O)Nc3c2cnn3Cc2ccccc2Cl)c2ccccc21. The normalized spacial score (nSPS) is 19.7. The number of anilines is 2. The van der Waals surface area contributed by atoms with E-state index in [4.69, 9.17) is 11.6 Å². The summed E-state index contributed by atoms with van der Waals surface area (Å²) in [6.45, 7) is 5.17. The molecule has 31 heavy (non-hydrogen) atoms. The third-order valence-corrected chi connectivity index (χ3v) is 6.44. The van der Waals surface area contributed by atoms with E-state index < -0.39 is 5.41 Å². The van der Waals surface area contributed by atoms with Crippen LogP contribution < -0.4 is 10.2 Å². The van der Waals surface area contributed by atoms with E-state index in [9.17, 15) is 9.59 Å². The Bertz CT molecular complexity index is 1200. The summed E-state index contributed by atoms with van der Waals surface area (Å²) in [7, 11) is 0. The van der Waals surface area contributed by atoms with Crippen LogP contribution in [0.5, 0.6) is 0 Å². The highest BCUT2D eigenvalue weighted by Gasteiger charge is 2.57. The Labute approximate surface area is 185 Å². The maximum Gasteiger partial charge on any atom is 0.242 e. The summed E-state index contributed by atoms with van der Waals surface area (Å²) >= 11 is 6.34. The van der Waals surface area contributed by atoms with Gasteiger partial charge in [-0.25, -0.2) is 4.68 Å². The Morgan fingerprint density at radius 3 is 2.61 bits per heavy atom. The minimum Gasteiger partial charge on any atom is -0.311 e. The van der Waals surface area contributed by atoms with Crippen LogP contribution in [0.3, 0.4) is 0 Å². The molecule has 0 bridgehead atoms. The fourth-order valence-electron chi connectivity index (χ4n) is 4.75. The van der Waals surface area contributed by atoms with Gasteiger partial charge in [-0.3, -0.25) is 9.59 Å².